The summed E-state index contributed by atoms with van der Waals surface area (Å²) in [7, 11) is 5.58. The van der Waals surface area contributed by atoms with Crippen molar-refractivity contribution < 1.29 is 23.8 Å². The first-order valence-electron chi connectivity index (χ1n) is 11.4. The molecule has 1 aliphatic heterocycles. The van der Waals surface area contributed by atoms with Crippen LogP contribution >= 0.6 is 0 Å². The molecule has 3 rings (SSSR count). The Kier molecular flexibility index (Phi) is 8.54. The number of nitrogens with one attached hydrogen (secondary N) is 1. The predicted octanol–water partition coefficient (Wildman–Crippen LogP) is 3.81. The SMILES string of the molecule is CCOc1ccc(/C=C/C(=O)Nc2ccc3c(c2)N(CCCN(C)C)C(=O)C(C)O3)cc1OC. The van der Waals surface area contributed by atoms with Crippen LogP contribution in [0.25, 0.3) is 6.08 Å². The van der Waals surface area contributed by atoms with Crippen molar-refractivity contribution in [3.05, 3.63) is 48.0 Å². The number of benzene rings is 2. The molecule has 0 aromatic heterocycles. The van der Waals surface area contributed by atoms with E-state index in [2.05, 4.69) is 10.2 Å². The van der Waals surface area contributed by atoms with Crippen molar-refractivity contribution in [2.75, 3.05) is 51.1 Å². The molecule has 0 radical (unpaired) electrons. The summed E-state index contributed by atoms with van der Waals surface area (Å²) in [5, 5.41) is 2.86. The fourth-order valence-electron chi connectivity index (χ4n) is 3.68. The Balaban J connectivity index is 1.72. The molecule has 0 saturated carbocycles. The molecule has 8 heteroatoms. The number of amides is 2. The maximum absolute atomic E-state index is 12.7. The van der Waals surface area contributed by atoms with Crippen LogP contribution in [0.4, 0.5) is 11.4 Å². The second-order valence-corrected chi connectivity index (χ2v) is 8.26. The van der Waals surface area contributed by atoms with Gasteiger partial charge in [-0.3, -0.25) is 9.59 Å². The van der Waals surface area contributed by atoms with E-state index in [1.807, 2.05) is 39.2 Å². The van der Waals surface area contributed by atoms with Crippen LogP contribution in [-0.4, -0.2) is 63.7 Å². The minimum absolute atomic E-state index is 0.0842. The average molecular weight is 468 g/mol. The minimum Gasteiger partial charge on any atom is -0.493 e. The number of nitrogens with zero attached hydrogens (tertiary/aromatic N) is 2. The zero-order valence-electron chi connectivity index (χ0n) is 20.5. The van der Waals surface area contributed by atoms with Gasteiger partial charge in [0.2, 0.25) is 5.91 Å². The predicted molar refractivity (Wildman–Crippen MR) is 134 cm³/mol. The molecule has 182 valence electrons. The highest BCUT2D eigenvalue weighted by molar-refractivity contribution is 6.04. The van der Waals surface area contributed by atoms with Crippen molar-refractivity contribution in [2.24, 2.45) is 0 Å². The Morgan fingerprint density at radius 2 is 2.00 bits per heavy atom. The number of carbonyl (C=O) groups excluding carboxylic acids is 2. The summed E-state index contributed by atoms with van der Waals surface area (Å²) in [5.74, 6) is 1.52. The van der Waals surface area contributed by atoms with Crippen molar-refractivity contribution in [2.45, 2.75) is 26.4 Å². The molecule has 0 bridgehead atoms. The lowest BCUT2D eigenvalue weighted by atomic mass is 10.1. The molecule has 2 amide bonds. The summed E-state index contributed by atoms with van der Waals surface area (Å²) in [6.07, 6.45) is 3.44. The quantitative estimate of drug-likeness (QED) is 0.535. The molecular weight excluding hydrogens is 434 g/mol. The summed E-state index contributed by atoms with van der Waals surface area (Å²) in [6, 6.07) is 10.8. The fourth-order valence-corrected chi connectivity index (χ4v) is 3.68. The normalized spacial score (nSPS) is 15.3. The largest absolute Gasteiger partial charge is 0.493 e. The number of hydrogen-bond donors (Lipinski definition) is 1. The number of hydrogen-bond acceptors (Lipinski definition) is 6. The van der Waals surface area contributed by atoms with Crippen LogP contribution in [0.3, 0.4) is 0 Å². The van der Waals surface area contributed by atoms with Crippen molar-refractivity contribution >= 4 is 29.3 Å². The van der Waals surface area contributed by atoms with E-state index in [0.29, 0.717) is 41.8 Å². The van der Waals surface area contributed by atoms with E-state index in [-0.39, 0.29) is 11.8 Å². The van der Waals surface area contributed by atoms with Crippen LogP contribution < -0.4 is 24.4 Å². The van der Waals surface area contributed by atoms with Crippen molar-refractivity contribution in [1.29, 1.82) is 0 Å². The van der Waals surface area contributed by atoms with E-state index >= 15 is 0 Å². The van der Waals surface area contributed by atoms with Gasteiger partial charge in [-0.1, -0.05) is 6.07 Å². The summed E-state index contributed by atoms with van der Waals surface area (Å²) in [4.78, 5) is 29.1. The minimum atomic E-state index is -0.540. The Morgan fingerprint density at radius 3 is 2.71 bits per heavy atom. The number of fused-ring (bicyclic) bond motifs is 1. The Hall–Kier alpha value is -3.52. The van der Waals surface area contributed by atoms with E-state index in [1.54, 1.807) is 43.2 Å². The molecule has 8 nitrogen and oxygen atoms in total. The molecular formula is C26H33N3O5. The maximum atomic E-state index is 12.7. The van der Waals surface area contributed by atoms with Crippen LogP contribution in [-0.2, 0) is 9.59 Å². The molecule has 1 N–H and O–H groups in total. The van der Waals surface area contributed by atoms with Gasteiger partial charge < -0.3 is 29.3 Å². The number of methoxy groups -OCH3 is 1. The second kappa shape index (κ2) is 11.6. The lowest BCUT2D eigenvalue weighted by Crippen LogP contribution is -2.45. The number of rotatable bonds is 10. The number of ether oxygens (including phenoxy) is 3. The molecule has 0 fully saturated rings. The van der Waals surface area contributed by atoms with Gasteiger partial charge in [-0.05, 0) is 82.9 Å². The standard InChI is InChI=1S/C26H33N3O5/c1-6-33-23-11-8-19(16-24(23)32-5)9-13-25(30)27-20-10-12-22-21(17-20)29(15-7-14-28(3)4)26(31)18(2)34-22/h8-13,16-18H,6-7,14-15H2,1-5H3,(H,27,30)/b13-9+. The highest BCUT2D eigenvalue weighted by atomic mass is 16.5. The van der Waals surface area contributed by atoms with E-state index in [0.717, 1.165) is 18.5 Å². The molecule has 0 aliphatic carbocycles. The Morgan fingerprint density at radius 1 is 1.21 bits per heavy atom. The van der Waals surface area contributed by atoms with Gasteiger partial charge in [0.05, 0.1) is 19.4 Å². The third-order valence-corrected chi connectivity index (χ3v) is 5.34. The van der Waals surface area contributed by atoms with Crippen molar-refractivity contribution in [3.63, 3.8) is 0 Å². The molecule has 34 heavy (non-hydrogen) atoms. The zero-order chi connectivity index (χ0) is 24.7. The number of carbonyl (C=O) groups is 2. The van der Waals surface area contributed by atoms with E-state index < -0.39 is 6.10 Å². The van der Waals surface area contributed by atoms with Crippen LogP contribution in [0.2, 0.25) is 0 Å². The van der Waals surface area contributed by atoms with Crippen LogP contribution in [0.5, 0.6) is 17.2 Å². The van der Waals surface area contributed by atoms with Gasteiger partial charge in [-0.25, -0.2) is 0 Å². The molecule has 1 unspecified atom stereocenters. The van der Waals surface area contributed by atoms with Gasteiger partial charge in [0, 0.05) is 18.3 Å². The summed E-state index contributed by atoms with van der Waals surface area (Å²) in [5.41, 5.74) is 2.06. The molecule has 1 heterocycles. The molecule has 2 aromatic carbocycles. The summed E-state index contributed by atoms with van der Waals surface area (Å²) in [6.45, 7) is 5.64. The first-order chi connectivity index (χ1) is 16.3. The fraction of sp³-hybridized carbons (Fsp3) is 0.385. The highest BCUT2D eigenvalue weighted by Gasteiger charge is 2.31. The third kappa shape index (κ3) is 6.29. The van der Waals surface area contributed by atoms with E-state index in [9.17, 15) is 9.59 Å². The lowest BCUT2D eigenvalue weighted by Gasteiger charge is -2.33. The molecule has 2 aromatic rings. The molecule has 1 atom stereocenters. The van der Waals surface area contributed by atoms with Gasteiger partial charge in [0.1, 0.15) is 5.75 Å². The van der Waals surface area contributed by atoms with Crippen molar-refractivity contribution in [3.8, 4) is 17.2 Å². The highest BCUT2D eigenvalue weighted by Crippen LogP contribution is 2.36. The topological polar surface area (TPSA) is 80.3 Å². The van der Waals surface area contributed by atoms with Crippen molar-refractivity contribution in [1.82, 2.24) is 4.90 Å². The summed E-state index contributed by atoms with van der Waals surface area (Å²) >= 11 is 0. The smallest absolute Gasteiger partial charge is 0.267 e. The first-order valence-corrected chi connectivity index (χ1v) is 11.4. The van der Waals surface area contributed by atoms with Crippen LogP contribution in [0.1, 0.15) is 25.8 Å². The van der Waals surface area contributed by atoms with Crippen LogP contribution in [0.15, 0.2) is 42.5 Å². The monoisotopic (exact) mass is 467 g/mol. The summed E-state index contributed by atoms with van der Waals surface area (Å²) < 4.78 is 16.6. The number of anilines is 2. The van der Waals surface area contributed by atoms with Gasteiger partial charge in [-0.15, -0.1) is 0 Å². The van der Waals surface area contributed by atoms with Gasteiger partial charge in [-0.2, -0.15) is 0 Å². The van der Waals surface area contributed by atoms with E-state index in [4.69, 9.17) is 14.2 Å². The maximum Gasteiger partial charge on any atom is 0.267 e. The zero-order valence-corrected chi connectivity index (χ0v) is 20.5. The lowest BCUT2D eigenvalue weighted by molar-refractivity contribution is -0.125. The average Bonchev–Trinajstić information content (AvgIpc) is 2.81. The van der Waals surface area contributed by atoms with E-state index in [1.165, 1.54) is 6.08 Å². The van der Waals surface area contributed by atoms with Crippen LogP contribution in [0, 0.1) is 0 Å². The third-order valence-electron chi connectivity index (χ3n) is 5.34. The second-order valence-electron chi connectivity index (χ2n) is 8.26. The molecule has 0 saturated heterocycles. The van der Waals surface area contributed by atoms with Gasteiger partial charge in [0.15, 0.2) is 17.6 Å². The Bertz CT molecular complexity index is 1050. The molecule has 0 spiro atoms. The Labute approximate surface area is 201 Å². The van der Waals surface area contributed by atoms with Gasteiger partial charge >= 0.3 is 0 Å². The van der Waals surface area contributed by atoms with Gasteiger partial charge in [0.25, 0.3) is 5.91 Å². The first kappa shape index (κ1) is 25.1. The molecule has 1 aliphatic rings.